The maximum absolute atomic E-state index is 12.0. The van der Waals surface area contributed by atoms with Crippen LogP contribution in [0, 0.1) is 0 Å². The third-order valence-corrected chi connectivity index (χ3v) is 6.16. The van der Waals surface area contributed by atoms with Gasteiger partial charge in [0.25, 0.3) is 10.1 Å². The Morgan fingerprint density at radius 2 is 1.16 bits per heavy atom. The van der Waals surface area contributed by atoms with Crippen molar-refractivity contribution in [3.63, 3.8) is 0 Å². The van der Waals surface area contributed by atoms with Crippen LogP contribution in [-0.4, -0.2) is 48.3 Å². The van der Waals surface area contributed by atoms with Crippen LogP contribution >= 0.6 is 0 Å². The second kappa shape index (κ2) is 10.7. The van der Waals surface area contributed by atoms with E-state index in [9.17, 15) is 13.0 Å². The molecular formula is C24H28N2NaO4S+. The second-order valence-corrected chi connectivity index (χ2v) is 9.18. The molecule has 0 aromatic heterocycles. The number of benzene rings is 3. The van der Waals surface area contributed by atoms with Gasteiger partial charge < -0.3 is 14.5 Å². The third-order valence-electron chi connectivity index (χ3n) is 5.28. The number of methoxy groups -OCH3 is 1. The maximum Gasteiger partial charge on any atom is 1.00 e. The van der Waals surface area contributed by atoms with Crippen molar-refractivity contribution in [1.29, 1.82) is 0 Å². The number of hydrogen-bond acceptors (Lipinski definition) is 5. The van der Waals surface area contributed by atoms with E-state index in [4.69, 9.17) is 4.74 Å². The van der Waals surface area contributed by atoms with Gasteiger partial charge in [0.1, 0.15) is 10.6 Å². The molecule has 1 N–H and O–H groups in total. The van der Waals surface area contributed by atoms with Gasteiger partial charge in [0, 0.05) is 45.5 Å². The Bertz CT molecular complexity index is 1090. The van der Waals surface area contributed by atoms with Gasteiger partial charge in [-0.3, -0.25) is 4.55 Å². The zero-order valence-electron chi connectivity index (χ0n) is 19.4. The second-order valence-electron chi connectivity index (χ2n) is 7.79. The molecule has 0 heterocycles. The number of ether oxygens (including phenoxy) is 1. The van der Waals surface area contributed by atoms with E-state index in [0.29, 0.717) is 0 Å². The van der Waals surface area contributed by atoms with E-state index in [-0.39, 0.29) is 46.1 Å². The van der Waals surface area contributed by atoms with Gasteiger partial charge in [-0.2, -0.15) is 8.42 Å². The van der Waals surface area contributed by atoms with Crippen LogP contribution in [0.1, 0.15) is 22.6 Å². The summed E-state index contributed by atoms with van der Waals surface area (Å²) in [7, 11) is 4.86. The van der Waals surface area contributed by atoms with E-state index >= 15 is 0 Å². The fraction of sp³-hybridized carbons (Fsp3) is 0.250. The molecule has 164 valence electrons. The third kappa shape index (κ3) is 5.85. The van der Waals surface area contributed by atoms with Gasteiger partial charge in [-0.15, -0.1) is 0 Å². The van der Waals surface area contributed by atoms with Gasteiger partial charge >= 0.3 is 29.6 Å². The first-order chi connectivity index (χ1) is 14.6. The van der Waals surface area contributed by atoms with Crippen LogP contribution in [0.3, 0.4) is 0 Å². The van der Waals surface area contributed by atoms with Crippen LogP contribution in [0.5, 0.6) is 5.75 Å². The van der Waals surface area contributed by atoms with E-state index in [2.05, 4.69) is 0 Å². The fourth-order valence-corrected chi connectivity index (χ4v) is 4.27. The van der Waals surface area contributed by atoms with Crippen molar-refractivity contribution in [1.82, 2.24) is 0 Å². The SMILES string of the molecule is COc1ccc(C(c2ccc(N(C)C)cc2)c2ccc(N(C)C)cc2)cc1S(=O)(=O)O.[Na+]. The summed E-state index contributed by atoms with van der Waals surface area (Å²) in [6.07, 6.45) is 0. The van der Waals surface area contributed by atoms with Crippen LogP contribution in [0.2, 0.25) is 0 Å². The van der Waals surface area contributed by atoms with E-state index in [1.165, 1.54) is 13.2 Å². The standard InChI is InChI=1S/C24H28N2O4S.Na/c1-25(2)20-11-6-17(7-12-20)24(18-8-13-21(14-9-18)26(3)4)19-10-15-22(30-5)23(16-19)31(27,28)29;/h6-16,24H,1-5H3,(H,27,28,29);/q;+1. The van der Waals surface area contributed by atoms with Crippen LogP contribution in [-0.2, 0) is 10.1 Å². The Kier molecular flexibility index (Phi) is 8.79. The van der Waals surface area contributed by atoms with Crippen molar-refractivity contribution in [2.45, 2.75) is 10.8 Å². The van der Waals surface area contributed by atoms with E-state index in [1.54, 1.807) is 6.07 Å². The first-order valence-electron chi connectivity index (χ1n) is 9.82. The number of anilines is 2. The van der Waals surface area contributed by atoms with Crippen LogP contribution in [0.25, 0.3) is 0 Å². The maximum atomic E-state index is 12.0. The summed E-state index contributed by atoms with van der Waals surface area (Å²) >= 11 is 0. The van der Waals surface area contributed by atoms with Crippen molar-refractivity contribution >= 4 is 21.5 Å². The van der Waals surface area contributed by atoms with Gasteiger partial charge in [-0.05, 0) is 53.1 Å². The number of nitrogens with zero attached hydrogens (tertiary/aromatic N) is 2. The average Bonchev–Trinajstić information content (AvgIpc) is 2.74. The zero-order valence-corrected chi connectivity index (χ0v) is 22.2. The average molecular weight is 464 g/mol. The molecule has 0 unspecified atom stereocenters. The number of rotatable bonds is 7. The number of hydrogen-bond donors (Lipinski definition) is 1. The van der Waals surface area contributed by atoms with Crippen LogP contribution < -0.4 is 44.1 Å². The smallest absolute Gasteiger partial charge is 0.495 e. The molecule has 8 heteroatoms. The molecule has 3 aromatic carbocycles. The van der Waals surface area contributed by atoms with Gasteiger partial charge in [0.2, 0.25) is 0 Å². The van der Waals surface area contributed by atoms with Gasteiger partial charge in [0.05, 0.1) is 7.11 Å². The van der Waals surface area contributed by atoms with Crippen molar-refractivity contribution < 1.29 is 47.3 Å². The Balaban J connectivity index is 0.00000363. The molecule has 0 amide bonds. The van der Waals surface area contributed by atoms with Crippen molar-refractivity contribution in [2.24, 2.45) is 0 Å². The Labute approximate surface area is 212 Å². The molecule has 0 aliphatic rings. The van der Waals surface area contributed by atoms with E-state index in [0.717, 1.165) is 28.1 Å². The predicted octanol–water partition coefficient (Wildman–Crippen LogP) is 1.26. The molecule has 0 aliphatic heterocycles. The normalized spacial score (nSPS) is 11.1. The molecule has 6 nitrogen and oxygen atoms in total. The van der Waals surface area contributed by atoms with Crippen LogP contribution in [0.15, 0.2) is 71.6 Å². The Morgan fingerprint density at radius 3 is 1.50 bits per heavy atom. The topological polar surface area (TPSA) is 70.1 Å². The molecule has 0 bridgehead atoms. The molecule has 0 saturated heterocycles. The zero-order chi connectivity index (χ0) is 22.8. The quantitative estimate of drug-likeness (QED) is 0.323. The van der Waals surface area contributed by atoms with E-state index in [1.807, 2.05) is 92.6 Å². The van der Waals surface area contributed by atoms with Gasteiger partial charge in [-0.1, -0.05) is 30.3 Å². The summed E-state index contributed by atoms with van der Waals surface area (Å²) < 4.78 is 38.8. The monoisotopic (exact) mass is 463 g/mol. The fourth-order valence-electron chi connectivity index (χ4n) is 3.58. The Morgan fingerprint density at radius 1 is 0.750 bits per heavy atom. The molecule has 0 radical (unpaired) electrons. The van der Waals surface area contributed by atoms with E-state index < -0.39 is 10.1 Å². The summed E-state index contributed by atoms with van der Waals surface area (Å²) in [5.41, 5.74) is 4.89. The molecule has 0 atom stereocenters. The molecule has 0 fully saturated rings. The predicted molar refractivity (Wildman–Crippen MR) is 125 cm³/mol. The minimum absolute atomic E-state index is 0. The largest absolute Gasteiger partial charge is 1.00 e. The molecule has 32 heavy (non-hydrogen) atoms. The van der Waals surface area contributed by atoms with Crippen LogP contribution in [0.4, 0.5) is 11.4 Å². The summed E-state index contributed by atoms with van der Waals surface area (Å²) in [4.78, 5) is 3.80. The van der Waals surface area contributed by atoms with Crippen molar-refractivity contribution in [3.8, 4) is 5.75 Å². The van der Waals surface area contributed by atoms with Crippen molar-refractivity contribution in [2.75, 3.05) is 45.1 Å². The first kappa shape index (κ1) is 26.2. The molecular weight excluding hydrogens is 435 g/mol. The minimum atomic E-state index is -4.44. The molecule has 0 saturated carbocycles. The first-order valence-corrected chi connectivity index (χ1v) is 11.3. The molecule has 3 rings (SSSR count). The summed E-state index contributed by atoms with van der Waals surface area (Å²) in [6, 6.07) is 21.2. The van der Waals surface area contributed by atoms with Crippen molar-refractivity contribution in [3.05, 3.63) is 83.4 Å². The molecule has 0 spiro atoms. The van der Waals surface area contributed by atoms with Gasteiger partial charge in [-0.25, -0.2) is 0 Å². The summed E-state index contributed by atoms with van der Waals surface area (Å²) in [5, 5.41) is 0. The Hall–Kier alpha value is -2.03. The minimum Gasteiger partial charge on any atom is -0.495 e. The molecule has 3 aromatic rings. The summed E-state index contributed by atoms with van der Waals surface area (Å²) in [5.74, 6) is -0.116. The summed E-state index contributed by atoms with van der Waals surface area (Å²) in [6.45, 7) is 0. The molecule has 0 aliphatic carbocycles. The van der Waals surface area contributed by atoms with Gasteiger partial charge in [0.15, 0.2) is 0 Å².